The lowest BCUT2D eigenvalue weighted by molar-refractivity contribution is -0.00676. The topological polar surface area (TPSA) is 54.3 Å². The third-order valence-electron chi connectivity index (χ3n) is 3.81. The summed E-state index contributed by atoms with van der Waals surface area (Å²) in [5, 5.41) is 9.83. The van der Waals surface area contributed by atoms with Crippen LogP contribution in [0, 0.1) is 0 Å². The number of morpholine rings is 1. The van der Waals surface area contributed by atoms with Gasteiger partial charge in [-0.1, -0.05) is 0 Å². The van der Waals surface area contributed by atoms with Gasteiger partial charge in [0.25, 0.3) is 0 Å². The number of aromatic hydroxyl groups is 1. The second kappa shape index (κ2) is 6.91. The maximum absolute atomic E-state index is 9.83. The van der Waals surface area contributed by atoms with E-state index in [2.05, 4.69) is 23.7 Å². The number of hydrogen-bond donors (Lipinski definition) is 1. The van der Waals surface area contributed by atoms with Crippen LogP contribution in [0.3, 0.4) is 0 Å². The fourth-order valence-electron chi connectivity index (χ4n) is 2.40. The van der Waals surface area contributed by atoms with Crippen molar-refractivity contribution in [2.24, 2.45) is 4.99 Å². The van der Waals surface area contributed by atoms with Crippen molar-refractivity contribution in [2.75, 3.05) is 40.0 Å². The molecule has 1 aromatic carbocycles. The minimum Gasteiger partial charge on any atom is -0.507 e. The molecule has 0 bridgehead atoms. The molecule has 1 heterocycles. The maximum atomic E-state index is 9.83. The number of benzene rings is 1. The van der Waals surface area contributed by atoms with E-state index >= 15 is 0 Å². The molecule has 0 amide bonds. The first-order valence-electron chi connectivity index (χ1n) is 7.22. The van der Waals surface area contributed by atoms with E-state index in [1.807, 2.05) is 0 Å². The minimum absolute atomic E-state index is 0.0191. The Morgan fingerprint density at radius 3 is 2.76 bits per heavy atom. The molecule has 1 fully saturated rings. The van der Waals surface area contributed by atoms with Crippen LogP contribution >= 0.6 is 0 Å². The second-order valence-electron chi connectivity index (χ2n) is 5.81. The Hall–Kier alpha value is -1.59. The molecule has 0 aliphatic carbocycles. The van der Waals surface area contributed by atoms with Crippen LogP contribution in [-0.2, 0) is 4.74 Å². The van der Waals surface area contributed by atoms with Crippen molar-refractivity contribution in [2.45, 2.75) is 19.4 Å². The normalized spacial score (nSPS) is 17.3. The summed E-state index contributed by atoms with van der Waals surface area (Å²) >= 11 is 0. The summed E-state index contributed by atoms with van der Waals surface area (Å²) < 4.78 is 10.5. The fourth-order valence-corrected chi connectivity index (χ4v) is 2.40. The molecule has 116 valence electrons. The molecule has 0 spiro atoms. The molecule has 0 saturated carbocycles. The van der Waals surface area contributed by atoms with E-state index in [0.717, 1.165) is 26.3 Å². The van der Waals surface area contributed by atoms with Gasteiger partial charge in [-0.2, -0.15) is 0 Å². The van der Waals surface area contributed by atoms with Crippen molar-refractivity contribution in [3.63, 3.8) is 0 Å². The quantitative estimate of drug-likeness (QED) is 0.843. The standard InChI is InChI=1S/C16H24N2O3/c1-16(2,18-6-8-21-9-7-18)12-17-11-13-10-14(20-3)4-5-15(13)19/h4-5,10-11,19H,6-9,12H2,1-3H3. The fraction of sp³-hybridized carbons (Fsp3) is 0.562. The first-order valence-corrected chi connectivity index (χ1v) is 7.22. The van der Waals surface area contributed by atoms with E-state index in [9.17, 15) is 5.11 Å². The van der Waals surface area contributed by atoms with Gasteiger partial charge in [0.05, 0.1) is 26.9 Å². The molecular weight excluding hydrogens is 268 g/mol. The third kappa shape index (κ3) is 4.19. The monoisotopic (exact) mass is 292 g/mol. The minimum atomic E-state index is -0.0191. The number of nitrogens with zero attached hydrogens (tertiary/aromatic N) is 2. The van der Waals surface area contributed by atoms with Gasteiger partial charge >= 0.3 is 0 Å². The van der Waals surface area contributed by atoms with Crippen LogP contribution in [0.15, 0.2) is 23.2 Å². The number of phenolic OH excluding ortho intramolecular Hbond substituents is 1. The van der Waals surface area contributed by atoms with Gasteiger partial charge in [-0.05, 0) is 32.0 Å². The average Bonchev–Trinajstić information content (AvgIpc) is 2.50. The van der Waals surface area contributed by atoms with Gasteiger partial charge in [-0.3, -0.25) is 9.89 Å². The summed E-state index contributed by atoms with van der Waals surface area (Å²) in [7, 11) is 1.61. The molecule has 0 radical (unpaired) electrons. The molecule has 1 aliphatic heterocycles. The lowest BCUT2D eigenvalue weighted by Gasteiger charge is -2.39. The first kappa shape index (κ1) is 15.8. The van der Waals surface area contributed by atoms with Gasteiger partial charge < -0.3 is 14.6 Å². The summed E-state index contributed by atoms with van der Waals surface area (Å²) in [4.78, 5) is 6.89. The Kier molecular flexibility index (Phi) is 5.20. The Labute approximate surface area is 126 Å². The largest absolute Gasteiger partial charge is 0.507 e. The van der Waals surface area contributed by atoms with Crippen LogP contribution in [0.4, 0.5) is 0 Å². The summed E-state index contributed by atoms with van der Waals surface area (Å²) in [6.45, 7) is 8.47. The molecule has 1 saturated heterocycles. The highest BCUT2D eigenvalue weighted by molar-refractivity contribution is 5.84. The van der Waals surface area contributed by atoms with Crippen molar-refractivity contribution in [3.05, 3.63) is 23.8 Å². The third-order valence-corrected chi connectivity index (χ3v) is 3.81. The van der Waals surface area contributed by atoms with Crippen LogP contribution < -0.4 is 4.74 Å². The van der Waals surface area contributed by atoms with Crippen molar-refractivity contribution in [3.8, 4) is 11.5 Å². The number of hydrogen-bond acceptors (Lipinski definition) is 5. The van der Waals surface area contributed by atoms with Crippen LogP contribution in [-0.4, -0.2) is 61.7 Å². The van der Waals surface area contributed by atoms with Crippen LogP contribution in [0.1, 0.15) is 19.4 Å². The Balaban J connectivity index is 2.00. The van der Waals surface area contributed by atoms with Gasteiger partial charge in [0.1, 0.15) is 11.5 Å². The number of methoxy groups -OCH3 is 1. The van der Waals surface area contributed by atoms with Crippen molar-refractivity contribution < 1.29 is 14.6 Å². The second-order valence-corrected chi connectivity index (χ2v) is 5.81. The zero-order valence-corrected chi connectivity index (χ0v) is 13.0. The van der Waals surface area contributed by atoms with E-state index in [1.54, 1.807) is 31.5 Å². The number of rotatable bonds is 5. The number of aliphatic imine (C=N–C) groups is 1. The molecular formula is C16H24N2O3. The molecule has 1 aliphatic rings. The number of phenols is 1. The summed E-state index contributed by atoms with van der Waals surface area (Å²) in [6.07, 6.45) is 1.71. The van der Waals surface area contributed by atoms with Crippen molar-refractivity contribution in [1.29, 1.82) is 0 Å². The predicted octanol–water partition coefficient (Wildman–Crippen LogP) is 1.93. The summed E-state index contributed by atoms with van der Waals surface area (Å²) in [6, 6.07) is 5.12. The summed E-state index contributed by atoms with van der Waals surface area (Å²) in [5.41, 5.74) is 0.654. The average molecular weight is 292 g/mol. The molecule has 2 rings (SSSR count). The van der Waals surface area contributed by atoms with Gasteiger partial charge in [0.15, 0.2) is 0 Å². The van der Waals surface area contributed by atoms with E-state index in [1.165, 1.54) is 0 Å². The lowest BCUT2D eigenvalue weighted by atomic mass is 10.0. The molecule has 1 aromatic rings. The Bertz CT molecular complexity index is 494. The predicted molar refractivity (Wildman–Crippen MR) is 83.6 cm³/mol. The van der Waals surface area contributed by atoms with Crippen molar-refractivity contribution >= 4 is 6.21 Å². The van der Waals surface area contributed by atoms with Crippen LogP contribution in [0.2, 0.25) is 0 Å². The molecule has 5 heteroatoms. The maximum Gasteiger partial charge on any atom is 0.124 e. The summed E-state index contributed by atoms with van der Waals surface area (Å²) in [5.74, 6) is 0.922. The highest BCUT2D eigenvalue weighted by Crippen LogP contribution is 2.22. The van der Waals surface area contributed by atoms with Gasteiger partial charge in [-0.25, -0.2) is 0 Å². The molecule has 21 heavy (non-hydrogen) atoms. The van der Waals surface area contributed by atoms with Crippen LogP contribution in [0.25, 0.3) is 0 Å². The van der Waals surface area contributed by atoms with Gasteiger partial charge in [0, 0.05) is 30.4 Å². The molecule has 5 nitrogen and oxygen atoms in total. The zero-order valence-electron chi connectivity index (χ0n) is 13.0. The Morgan fingerprint density at radius 1 is 1.38 bits per heavy atom. The molecule has 0 unspecified atom stereocenters. The Morgan fingerprint density at radius 2 is 2.10 bits per heavy atom. The van der Waals surface area contributed by atoms with E-state index in [0.29, 0.717) is 17.9 Å². The van der Waals surface area contributed by atoms with E-state index in [-0.39, 0.29) is 11.3 Å². The smallest absolute Gasteiger partial charge is 0.124 e. The SMILES string of the molecule is COc1ccc(O)c(C=NCC(C)(C)N2CCOCC2)c1. The molecule has 0 aromatic heterocycles. The van der Waals surface area contributed by atoms with E-state index in [4.69, 9.17) is 9.47 Å². The highest BCUT2D eigenvalue weighted by Gasteiger charge is 2.27. The van der Waals surface area contributed by atoms with Crippen LogP contribution in [0.5, 0.6) is 11.5 Å². The lowest BCUT2D eigenvalue weighted by Crippen LogP contribution is -2.51. The van der Waals surface area contributed by atoms with Crippen molar-refractivity contribution in [1.82, 2.24) is 4.90 Å². The first-order chi connectivity index (χ1) is 10.0. The zero-order chi connectivity index (χ0) is 15.3. The number of ether oxygens (including phenoxy) is 2. The van der Waals surface area contributed by atoms with E-state index < -0.39 is 0 Å². The highest BCUT2D eigenvalue weighted by atomic mass is 16.5. The van der Waals surface area contributed by atoms with Gasteiger partial charge in [0.2, 0.25) is 0 Å². The van der Waals surface area contributed by atoms with Gasteiger partial charge in [-0.15, -0.1) is 0 Å². The molecule has 1 N–H and O–H groups in total. The molecule has 0 atom stereocenters.